The molecule has 0 saturated carbocycles. The summed E-state index contributed by atoms with van der Waals surface area (Å²) in [5.41, 5.74) is 17.0. The van der Waals surface area contributed by atoms with Crippen molar-refractivity contribution in [2.45, 2.75) is 19.8 Å². The zero-order valence-electron chi connectivity index (χ0n) is 11.6. The van der Waals surface area contributed by atoms with Crippen LogP contribution in [-0.2, 0) is 0 Å². The van der Waals surface area contributed by atoms with Crippen molar-refractivity contribution in [2.24, 2.45) is 0 Å². The van der Waals surface area contributed by atoms with Crippen LogP contribution in [0.15, 0.2) is 36.4 Å². The highest BCUT2D eigenvalue weighted by Gasteiger charge is 2.07. The molecule has 20 heavy (non-hydrogen) atoms. The first-order chi connectivity index (χ1) is 9.54. The van der Waals surface area contributed by atoms with E-state index in [4.69, 9.17) is 11.5 Å². The Morgan fingerprint density at radius 1 is 1.00 bits per heavy atom. The van der Waals surface area contributed by atoms with Gasteiger partial charge in [0.2, 0.25) is 0 Å². The van der Waals surface area contributed by atoms with E-state index in [1.807, 2.05) is 24.3 Å². The number of nitrogen functional groups attached to an aromatic ring is 2. The van der Waals surface area contributed by atoms with Gasteiger partial charge in [0, 0.05) is 11.1 Å². The Balaban J connectivity index is 2.14. The summed E-state index contributed by atoms with van der Waals surface area (Å²) in [6.45, 7) is 4.33. The van der Waals surface area contributed by atoms with Crippen molar-refractivity contribution in [3.63, 3.8) is 0 Å². The maximum Gasteiger partial charge on any atom is 0.153 e. The number of fused-ring (bicyclic) bond motifs is 1. The number of H-pyrrole nitrogens is 1. The third-order valence-electron chi connectivity index (χ3n) is 3.57. The Kier molecular flexibility index (Phi) is 2.86. The molecule has 4 nitrogen and oxygen atoms in total. The summed E-state index contributed by atoms with van der Waals surface area (Å²) in [6, 6.07) is 12.3. The van der Waals surface area contributed by atoms with Crippen LogP contribution >= 0.6 is 0 Å². The van der Waals surface area contributed by atoms with Crippen LogP contribution in [0.4, 0.5) is 11.5 Å². The van der Waals surface area contributed by atoms with Crippen molar-refractivity contribution >= 4 is 22.4 Å². The minimum absolute atomic E-state index is 0.448. The lowest BCUT2D eigenvalue weighted by Crippen LogP contribution is -1.93. The van der Waals surface area contributed by atoms with Crippen LogP contribution in [0.2, 0.25) is 0 Å². The standard InChI is InChI=1S/C16H18N4/c1-9(2)11-5-12(7-13(17)6-11)10-3-4-14-15(8-10)19-20-16(14)18/h3-9H,17H2,1-2H3,(H3,18,19,20). The maximum absolute atomic E-state index is 6.01. The number of nitrogens with two attached hydrogens (primary N) is 2. The van der Waals surface area contributed by atoms with Gasteiger partial charge in [-0.05, 0) is 46.9 Å². The van der Waals surface area contributed by atoms with E-state index in [0.717, 1.165) is 27.7 Å². The molecule has 0 bridgehead atoms. The molecule has 0 atom stereocenters. The van der Waals surface area contributed by atoms with Crippen LogP contribution in [0.25, 0.3) is 22.0 Å². The minimum atomic E-state index is 0.448. The monoisotopic (exact) mass is 266 g/mol. The fourth-order valence-corrected chi connectivity index (χ4v) is 2.40. The first-order valence-corrected chi connectivity index (χ1v) is 6.69. The number of nitrogens with one attached hydrogen (secondary N) is 1. The highest BCUT2D eigenvalue weighted by Crippen LogP contribution is 2.29. The molecule has 1 heterocycles. The lowest BCUT2D eigenvalue weighted by atomic mass is 9.96. The van der Waals surface area contributed by atoms with Gasteiger partial charge in [0.25, 0.3) is 0 Å². The Morgan fingerprint density at radius 2 is 1.80 bits per heavy atom. The number of hydrogen-bond donors (Lipinski definition) is 3. The van der Waals surface area contributed by atoms with Gasteiger partial charge in [-0.15, -0.1) is 0 Å². The third-order valence-corrected chi connectivity index (χ3v) is 3.57. The maximum atomic E-state index is 6.01. The van der Waals surface area contributed by atoms with Crippen LogP contribution in [-0.4, -0.2) is 10.2 Å². The van der Waals surface area contributed by atoms with Crippen LogP contribution in [0.5, 0.6) is 0 Å². The molecule has 0 radical (unpaired) electrons. The number of nitrogens with zero attached hydrogens (tertiary/aromatic N) is 1. The lowest BCUT2D eigenvalue weighted by molar-refractivity contribution is 0.868. The molecule has 4 heteroatoms. The second-order valence-corrected chi connectivity index (χ2v) is 5.41. The van der Waals surface area contributed by atoms with Crippen molar-refractivity contribution < 1.29 is 0 Å². The van der Waals surface area contributed by atoms with Gasteiger partial charge in [-0.3, -0.25) is 5.10 Å². The van der Waals surface area contributed by atoms with E-state index in [-0.39, 0.29) is 0 Å². The van der Waals surface area contributed by atoms with E-state index in [0.29, 0.717) is 11.7 Å². The van der Waals surface area contributed by atoms with Gasteiger partial charge in [0.1, 0.15) is 0 Å². The van der Waals surface area contributed by atoms with Crippen LogP contribution in [0, 0.1) is 0 Å². The van der Waals surface area contributed by atoms with Crippen molar-refractivity contribution in [1.29, 1.82) is 0 Å². The predicted octanol–water partition coefficient (Wildman–Crippen LogP) is 3.52. The summed E-state index contributed by atoms with van der Waals surface area (Å²) in [6.07, 6.45) is 0. The molecule has 0 aliphatic carbocycles. The number of aromatic amines is 1. The Morgan fingerprint density at radius 3 is 2.55 bits per heavy atom. The molecule has 0 fully saturated rings. The van der Waals surface area contributed by atoms with Crippen LogP contribution in [0.1, 0.15) is 25.3 Å². The quantitative estimate of drug-likeness (QED) is 0.621. The third kappa shape index (κ3) is 2.09. The summed E-state index contributed by atoms with van der Waals surface area (Å²) < 4.78 is 0. The molecule has 102 valence electrons. The van der Waals surface area contributed by atoms with Crippen molar-refractivity contribution in [3.8, 4) is 11.1 Å². The summed E-state index contributed by atoms with van der Waals surface area (Å²) in [5, 5.41) is 7.91. The molecule has 0 aliphatic heterocycles. The topological polar surface area (TPSA) is 80.7 Å². The second kappa shape index (κ2) is 4.56. The molecule has 0 amide bonds. The van der Waals surface area contributed by atoms with Gasteiger partial charge >= 0.3 is 0 Å². The van der Waals surface area contributed by atoms with Gasteiger partial charge in [0.15, 0.2) is 5.82 Å². The van der Waals surface area contributed by atoms with E-state index < -0.39 is 0 Å². The van der Waals surface area contributed by atoms with Gasteiger partial charge in [-0.25, -0.2) is 0 Å². The molecule has 0 saturated heterocycles. The van der Waals surface area contributed by atoms with E-state index in [1.54, 1.807) is 0 Å². The SMILES string of the molecule is CC(C)c1cc(N)cc(-c2ccc3c(N)n[nH]c3c2)c1. The van der Waals surface area contributed by atoms with E-state index >= 15 is 0 Å². The summed E-state index contributed by atoms with van der Waals surface area (Å²) >= 11 is 0. The van der Waals surface area contributed by atoms with Crippen molar-refractivity contribution in [3.05, 3.63) is 42.0 Å². The van der Waals surface area contributed by atoms with Gasteiger partial charge in [-0.1, -0.05) is 26.0 Å². The average Bonchev–Trinajstić information content (AvgIpc) is 2.79. The lowest BCUT2D eigenvalue weighted by Gasteiger charge is -2.10. The summed E-state index contributed by atoms with van der Waals surface area (Å²) in [4.78, 5) is 0. The molecular weight excluding hydrogens is 248 g/mol. The van der Waals surface area contributed by atoms with Gasteiger partial charge < -0.3 is 11.5 Å². The number of aromatic nitrogens is 2. The zero-order valence-corrected chi connectivity index (χ0v) is 11.6. The largest absolute Gasteiger partial charge is 0.399 e. The molecule has 0 unspecified atom stereocenters. The van der Waals surface area contributed by atoms with E-state index in [2.05, 4.69) is 36.2 Å². The Labute approximate surface area is 117 Å². The highest BCUT2D eigenvalue weighted by molar-refractivity contribution is 5.91. The zero-order chi connectivity index (χ0) is 14.3. The Hall–Kier alpha value is -2.49. The first kappa shape index (κ1) is 12.5. The summed E-state index contributed by atoms with van der Waals surface area (Å²) in [5.74, 6) is 0.978. The van der Waals surface area contributed by atoms with Gasteiger partial charge in [0.05, 0.1) is 5.52 Å². The molecule has 0 spiro atoms. The van der Waals surface area contributed by atoms with Crippen molar-refractivity contribution in [2.75, 3.05) is 11.5 Å². The highest BCUT2D eigenvalue weighted by atomic mass is 15.1. The fraction of sp³-hybridized carbons (Fsp3) is 0.188. The number of benzene rings is 2. The van der Waals surface area contributed by atoms with Crippen LogP contribution < -0.4 is 11.5 Å². The average molecular weight is 266 g/mol. The second-order valence-electron chi connectivity index (χ2n) is 5.41. The van der Waals surface area contributed by atoms with Gasteiger partial charge in [-0.2, -0.15) is 5.10 Å². The molecule has 5 N–H and O–H groups in total. The number of hydrogen-bond acceptors (Lipinski definition) is 3. The first-order valence-electron chi connectivity index (χ1n) is 6.69. The number of anilines is 2. The molecule has 1 aromatic heterocycles. The van der Waals surface area contributed by atoms with E-state index in [1.165, 1.54) is 5.56 Å². The van der Waals surface area contributed by atoms with E-state index in [9.17, 15) is 0 Å². The predicted molar refractivity (Wildman–Crippen MR) is 84.4 cm³/mol. The molecule has 2 aromatic carbocycles. The normalized spacial score (nSPS) is 11.3. The Bertz CT molecular complexity index is 771. The fourth-order valence-electron chi connectivity index (χ4n) is 2.40. The molecule has 3 rings (SSSR count). The minimum Gasteiger partial charge on any atom is -0.399 e. The summed E-state index contributed by atoms with van der Waals surface area (Å²) in [7, 11) is 0. The smallest absolute Gasteiger partial charge is 0.153 e. The van der Waals surface area contributed by atoms with Crippen LogP contribution in [0.3, 0.4) is 0 Å². The molecule has 3 aromatic rings. The molecular formula is C16H18N4. The van der Waals surface area contributed by atoms with Crippen molar-refractivity contribution in [1.82, 2.24) is 10.2 Å². The number of rotatable bonds is 2. The molecule has 0 aliphatic rings.